The third-order valence-electron chi connectivity index (χ3n) is 4.25. The molecule has 0 radical (unpaired) electrons. The van der Waals surface area contributed by atoms with Gasteiger partial charge >= 0.3 is 0 Å². The summed E-state index contributed by atoms with van der Waals surface area (Å²) in [7, 11) is -1.05. The summed E-state index contributed by atoms with van der Waals surface area (Å²) in [5, 5.41) is 16.6. The van der Waals surface area contributed by atoms with Gasteiger partial charge in [0.15, 0.2) is 5.82 Å². The molecule has 7 nitrogen and oxygen atoms in total. The highest BCUT2D eigenvalue weighted by atomic mass is 32.2. The van der Waals surface area contributed by atoms with E-state index in [0.29, 0.717) is 28.7 Å². The van der Waals surface area contributed by atoms with Crippen molar-refractivity contribution in [3.05, 3.63) is 36.0 Å². The second-order valence-corrected chi connectivity index (χ2v) is 7.49. The maximum Gasteiger partial charge on any atom is 0.254 e. The fourth-order valence-electron chi connectivity index (χ4n) is 2.75. The molecule has 2 aromatic rings. The van der Waals surface area contributed by atoms with Gasteiger partial charge in [-0.05, 0) is 43.0 Å². The number of hydrogen-bond donors (Lipinski definition) is 2. The Morgan fingerprint density at radius 1 is 1.48 bits per heavy atom. The summed E-state index contributed by atoms with van der Waals surface area (Å²) in [5.41, 5.74) is 6.47. The Kier molecular flexibility index (Phi) is 4.86. The van der Waals surface area contributed by atoms with Crippen molar-refractivity contribution in [1.82, 2.24) is 9.78 Å². The van der Waals surface area contributed by atoms with Crippen LogP contribution in [0.1, 0.15) is 35.7 Å². The van der Waals surface area contributed by atoms with E-state index in [0.717, 1.165) is 12.8 Å². The molecule has 3 N–H and O–H groups in total. The molecular weight excluding hydrogens is 338 g/mol. The van der Waals surface area contributed by atoms with Gasteiger partial charge in [0.05, 0.1) is 18.5 Å². The van der Waals surface area contributed by atoms with Gasteiger partial charge in [0.25, 0.3) is 5.91 Å². The first-order valence-corrected chi connectivity index (χ1v) is 9.52. The second-order valence-electron chi connectivity index (χ2n) is 6.11. The van der Waals surface area contributed by atoms with Crippen molar-refractivity contribution in [3.63, 3.8) is 0 Å². The molecule has 8 heteroatoms. The first-order chi connectivity index (χ1) is 12.0. The molecule has 2 unspecified atom stereocenters. The van der Waals surface area contributed by atoms with E-state index in [-0.39, 0.29) is 11.6 Å². The van der Waals surface area contributed by atoms with Gasteiger partial charge in [-0.1, -0.05) is 0 Å². The molecule has 2 atom stereocenters. The highest BCUT2D eigenvalue weighted by molar-refractivity contribution is 7.84. The first kappa shape index (κ1) is 17.2. The van der Waals surface area contributed by atoms with Gasteiger partial charge in [-0.25, -0.2) is 0 Å². The quantitative estimate of drug-likeness (QED) is 0.789. The number of benzene rings is 1. The SMILES string of the molecule is CS(=O)c1ccc(Nc2nn(C(CC#N)C3CC3)cc2C(N)=O)cc1. The predicted octanol–water partition coefficient (Wildman–Crippen LogP) is 2.33. The molecule has 0 spiro atoms. The van der Waals surface area contributed by atoms with Crippen LogP contribution in [0.2, 0.25) is 0 Å². The van der Waals surface area contributed by atoms with Crippen molar-refractivity contribution in [2.45, 2.75) is 30.2 Å². The lowest BCUT2D eigenvalue weighted by Crippen LogP contribution is -2.12. The average molecular weight is 357 g/mol. The smallest absolute Gasteiger partial charge is 0.254 e. The molecule has 1 saturated carbocycles. The summed E-state index contributed by atoms with van der Waals surface area (Å²) in [6.07, 6.45) is 5.71. The number of nitrogens with one attached hydrogen (secondary N) is 1. The van der Waals surface area contributed by atoms with Crippen molar-refractivity contribution in [3.8, 4) is 6.07 Å². The molecule has 0 bridgehead atoms. The Bertz CT molecular complexity index is 849. The lowest BCUT2D eigenvalue weighted by molar-refractivity contribution is 0.100. The zero-order chi connectivity index (χ0) is 18.0. The summed E-state index contributed by atoms with van der Waals surface area (Å²) in [6, 6.07) is 9.20. The molecular formula is C17H19N5O2S. The zero-order valence-corrected chi connectivity index (χ0v) is 14.6. The lowest BCUT2D eigenvalue weighted by atomic mass is 10.1. The third kappa shape index (κ3) is 3.88. The number of rotatable bonds is 7. The highest BCUT2D eigenvalue weighted by Gasteiger charge is 2.33. The molecule has 1 aliphatic rings. The topological polar surface area (TPSA) is 114 Å². The minimum Gasteiger partial charge on any atom is -0.365 e. The minimum absolute atomic E-state index is 0.0384. The molecule has 0 saturated heterocycles. The molecule has 1 aromatic carbocycles. The van der Waals surface area contributed by atoms with Crippen LogP contribution in [0.15, 0.2) is 35.4 Å². The fraction of sp³-hybridized carbons (Fsp3) is 0.353. The van der Waals surface area contributed by atoms with Gasteiger partial charge in [-0.2, -0.15) is 10.4 Å². The summed E-state index contributed by atoms with van der Waals surface area (Å²) in [6.45, 7) is 0. The Morgan fingerprint density at radius 3 is 2.68 bits per heavy atom. The summed E-state index contributed by atoms with van der Waals surface area (Å²) >= 11 is 0. The van der Waals surface area contributed by atoms with E-state index in [9.17, 15) is 9.00 Å². The molecule has 1 aromatic heterocycles. The Hall–Kier alpha value is -2.66. The number of hydrogen-bond acceptors (Lipinski definition) is 5. The normalized spacial score (nSPS) is 16.0. The van der Waals surface area contributed by atoms with Gasteiger partial charge in [0, 0.05) is 33.8 Å². The monoisotopic (exact) mass is 357 g/mol. The molecule has 130 valence electrons. The summed E-state index contributed by atoms with van der Waals surface area (Å²) in [5.74, 6) is 0.208. The maximum atomic E-state index is 11.8. The van der Waals surface area contributed by atoms with Gasteiger partial charge in [0.1, 0.15) is 5.56 Å². The molecule has 3 rings (SSSR count). The van der Waals surface area contributed by atoms with Crippen molar-refractivity contribution in [2.24, 2.45) is 11.7 Å². The van der Waals surface area contributed by atoms with E-state index >= 15 is 0 Å². The van der Waals surface area contributed by atoms with Gasteiger partial charge in [-0.15, -0.1) is 0 Å². The number of carbonyl (C=O) groups excluding carboxylic acids is 1. The van der Waals surface area contributed by atoms with Gasteiger partial charge < -0.3 is 11.1 Å². The van der Waals surface area contributed by atoms with Gasteiger partial charge in [-0.3, -0.25) is 13.7 Å². The average Bonchev–Trinajstić information content (AvgIpc) is 3.33. The second kappa shape index (κ2) is 7.07. The molecule has 0 aliphatic heterocycles. The number of aromatic nitrogens is 2. The van der Waals surface area contributed by atoms with Crippen LogP contribution < -0.4 is 11.1 Å². The van der Waals surface area contributed by atoms with Crippen LogP contribution in [0.4, 0.5) is 11.5 Å². The first-order valence-electron chi connectivity index (χ1n) is 7.96. The lowest BCUT2D eigenvalue weighted by Gasteiger charge is -2.12. The molecule has 25 heavy (non-hydrogen) atoms. The van der Waals surface area contributed by atoms with E-state index in [1.165, 1.54) is 0 Å². The molecule has 1 aliphatic carbocycles. The number of nitrogens with zero attached hydrogens (tertiary/aromatic N) is 3. The van der Waals surface area contributed by atoms with E-state index < -0.39 is 16.7 Å². The molecule has 1 amide bonds. The zero-order valence-electron chi connectivity index (χ0n) is 13.8. The Labute approximate surface area is 148 Å². The number of carbonyl (C=O) groups is 1. The van der Waals surface area contributed by atoms with Crippen LogP contribution in [0.5, 0.6) is 0 Å². The van der Waals surface area contributed by atoms with Crippen LogP contribution in [0.3, 0.4) is 0 Å². The van der Waals surface area contributed by atoms with E-state index in [1.807, 2.05) is 0 Å². The van der Waals surface area contributed by atoms with Crippen molar-refractivity contribution in [1.29, 1.82) is 5.26 Å². The number of amides is 1. The van der Waals surface area contributed by atoms with E-state index in [1.54, 1.807) is 41.4 Å². The van der Waals surface area contributed by atoms with Crippen LogP contribution in [-0.4, -0.2) is 26.2 Å². The molecule has 1 fully saturated rings. The molecule has 1 heterocycles. The van der Waals surface area contributed by atoms with Crippen LogP contribution in [-0.2, 0) is 10.8 Å². The van der Waals surface area contributed by atoms with Crippen LogP contribution >= 0.6 is 0 Å². The number of anilines is 2. The Balaban J connectivity index is 1.88. The van der Waals surface area contributed by atoms with E-state index in [2.05, 4.69) is 16.5 Å². The van der Waals surface area contributed by atoms with Crippen molar-refractivity contribution >= 4 is 28.2 Å². The van der Waals surface area contributed by atoms with Crippen LogP contribution in [0, 0.1) is 17.2 Å². The van der Waals surface area contributed by atoms with Gasteiger partial charge in [0.2, 0.25) is 0 Å². The highest BCUT2D eigenvalue weighted by Crippen LogP contribution is 2.41. The number of primary amides is 1. The standard InChI is InChI=1S/C17H19N5O2S/c1-25(24)13-6-4-12(5-7-13)20-17-14(16(19)23)10-22(21-17)15(8-9-18)11-2-3-11/h4-7,10-11,15H,2-3,8H2,1H3,(H2,19,23)(H,20,21). The number of nitrogens with two attached hydrogens (primary N) is 1. The van der Waals surface area contributed by atoms with Crippen LogP contribution in [0.25, 0.3) is 0 Å². The summed E-state index contributed by atoms with van der Waals surface area (Å²) < 4.78 is 13.1. The van der Waals surface area contributed by atoms with Crippen molar-refractivity contribution < 1.29 is 9.00 Å². The third-order valence-corrected chi connectivity index (χ3v) is 5.19. The van der Waals surface area contributed by atoms with Crippen molar-refractivity contribution in [2.75, 3.05) is 11.6 Å². The number of nitriles is 1. The minimum atomic E-state index is -1.05. The van der Waals surface area contributed by atoms with E-state index in [4.69, 9.17) is 11.0 Å². The largest absolute Gasteiger partial charge is 0.365 e. The maximum absolute atomic E-state index is 11.8. The predicted molar refractivity (Wildman–Crippen MR) is 94.8 cm³/mol. The summed E-state index contributed by atoms with van der Waals surface area (Å²) in [4.78, 5) is 12.5. The fourth-order valence-corrected chi connectivity index (χ4v) is 3.27. The Morgan fingerprint density at radius 2 is 2.16 bits per heavy atom.